The fourth-order valence-corrected chi connectivity index (χ4v) is 2.23. The molecule has 6 heteroatoms. The van der Waals surface area contributed by atoms with Crippen LogP contribution in [0.1, 0.15) is 17.5 Å². The molecule has 2 aromatic carbocycles. The number of carbonyl (C=O) groups is 2. The Balaban J connectivity index is 1.56. The first-order valence-electron chi connectivity index (χ1n) is 8.39. The van der Waals surface area contributed by atoms with Crippen LogP contribution < -0.4 is 10.1 Å². The Bertz CT molecular complexity index is 731. The van der Waals surface area contributed by atoms with Gasteiger partial charge in [-0.2, -0.15) is 0 Å². The van der Waals surface area contributed by atoms with Crippen LogP contribution in [0.25, 0.3) is 0 Å². The lowest BCUT2D eigenvalue weighted by atomic mass is 10.1. The molecule has 2 rings (SSSR count). The molecule has 5 nitrogen and oxygen atoms in total. The molecule has 138 valence electrons. The number of halogens is 1. The minimum atomic E-state index is -0.472. The van der Waals surface area contributed by atoms with Gasteiger partial charge in [0.15, 0.2) is 6.61 Å². The van der Waals surface area contributed by atoms with Crippen LogP contribution in [-0.2, 0) is 20.7 Å². The monoisotopic (exact) mass is 359 g/mol. The van der Waals surface area contributed by atoms with Crippen molar-refractivity contribution < 1.29 is 23.5 Å². The standard InChI is InChI=1S/C20H22FNO4/c1-15-3-2-4-18(13-15)25-12-11-22-19(23)14-26-20(24)10-7-16-5-8-17(21)9-6-16/h2-6,8-9,13H,7,10-12,14H2,1H3,(H,22,23). The van der Waals surface area contributed by atoms with E-state index < -0.39 is 5.97 Å². The lowest BCUT2D eigenvalue weighted by molar-refractivity contribution is -0.148. The molecule has 0 saturated heterocycles. The first kappa shape index (κ1) is 19.4. The van der Waals surface area contributed by atoms with Crippen molar-refractivity contribution >= 4 is 11.9 Å². The molecule has 0 atom stereocenters. The van der Waals surface area contributed by atoms with Crippen LogP contribution in [0, 0.1) is 12.7 Å². The predicted octanol–water partition coefficient (Wildman–Crippen LogP) is 2.81. The van der Waals surface area contributed by atoms with Crippen molar-refractivity contribution in [2.24, 2.45) is 0 Å². The topological polar surface area (TPSA) is 64.6 Å². The molecule has 0 heterocycles. The van der Waals surface area contributed by atoms with E-state index in [1.165, 1.54) is 12.1 Å². The van der Waals surface area contributed by atoms with Crippen LogP contribution in [0.3, 0.4) is 0 Å². The Morgan fingerprint density at radius 3 is 2.62 bits per heavy atom. The van der Waals surface area contributed by atoms with Crippen LogP contribution in [-0.4, -0.2) is 31.6 Å². The second kappa shape index (κ2) is 10.2. The summed E-state index contributed by atoms with van der Waals surface area (Å²) in [6, 6.07) is 13.5. The van der Waals surface area contributed by atoms with Crippen LogP contribution in [0.5, 0.6) is 5.75 Å². The Morgan fingerprint density at radius 1 is 1.12 bits per heavy atom. The molecule has 0 aliphatic carbocycles. The van der Waals surface area contributed by atoms with E-state index in [1.54, 1.807) is 12.1 Å². The minimum Gasteiger partial charge on any atom is -0.492 e. The largest absolute Gasteiger partial charge is 0.492 e. The zero-order chi connectivity index (χ0) is 18.8. The second-order valence-electron chi connectivity index (χ2n) is 5.80. The SMILES string of the molecule is Cc1cccc(OCCNC(=O)COC(=O)CCc2ccc(F)cc2)c1. The van der Waals surface area contributed by atoms with E-state index in [-0.39, 0.29) is 24.8 Å². The van der Waals surface area contributed by atoms with Gasteiger partial charge in [-0.3, -0.25) is 9.59 Å². The van der Waals surface area contributed by atoms with Crippen LogP contribution in [0.2, 0.25) is 0 Å². The summed E-state index contributed by atoms with van der Waals surface area (Å²) in [5.74, 6) is -0.431. The number of nitrogens with one attached hydrogen (secondary N) is 1. The molecule has 1 amide bonds. The summed E-state index contributed by atoms with van der Waals surface area (Å²) in [7, 11) is 0. The third-order valence-electron chi connectivity index (χ3n) is 3.58. The molecular weight excluding hydrogens is 337 g/mol. The summed E-state index contributed by atoms with van der Waals surface area (Å²) in [6.45, 7) is 2.29. The number of rotatable bonds is 9. The van der Waals surface area contributed by atoms with Gasteiger partial charge < -0.3 is 14.8 Å². The second-order valence-corrected chi connectivity index (χ2v) is 5.80. The maximum atomic E-state index is 12.8. The smallest absolute Gasteiger partial charge is 0.306 e. The average Bonchev–Trinajstić information content (AvgIpc) is 2.63. The number of hydrogen-bond acceptors (Lipinski definition) is 4. The number of amides is 1. The highest BCUT2D eigenvalue weighted by molar-refractivity contribution is 5.80. The number of ether oxygens (including phenoxy) is 2. The van der Waals surface area contributed by atoms with E-state index in [1.807, 2.05) is 31.2 Å². The Morgan fingerprint density at radius 2 is 1.88 bits per heavy atom. The molecular formula is C20H22FNO4. The van der Waals surface area contributed by atoms with Gasteiger partial charge in [0.05, 0.1) is 6.54 Å². The van der Waals surface area contributed by atoms with Gasteiger partial charge in [-0.1, -0.05) is 24.3 Å². The van der Waals surface area contributed by atoms with Crippen molar-refractivity contribution in [2.45, 2.75) is 19.8 Å². The highest BCUT2D eigenvalue weighted by Crippen LogP contribution is 2.11. The van der Waals surface area contributed by atoms with Crippen LogP contribution in [0.15, 0.2) is 48.5 Å². The van der Waals surface area contributed by atoms with Gasteiger partial charge in [0.1, 0.15) is 18.2 Å². The number of esters is 1. The summed E-state index contributed by atoms with van der Waals surface area (Å²) in [6.07, 6.45) is 0.570. The van der Waals surface area contributed by atoms with Gasteiger partial charge in [0.25, 0.3) is 5.91 Å². The summed E-state index contributed by atoms with van der Waals surface area (Å²) in [4.78, 5) is 23.3. The lowest BCUT2D eigenvalue weighted by Gasteiger charge is -2.09. The van der Waals surface area contributed by atoms with Crippen molar-refractivity contribution in [1.82, 2.24) is 5.32 Å². The van der Waals surface area contributed by atoms with E-state index in [2.05, 4.69) is 5.32 Å². The van der Waals surface area contributed by atoms with Crippen molar-refractivity contribution in [1.29, 1.82) is 0 Å². The number of benzene rings is 2. The van der Waals surface area contributed by atoms with Gasteiger partial charge in [0, 0.05) is 6.42 Å². The van der Waals surface area contributed by atoms with Gasteiger partial charge in [0.2, 0.25) is 0 Å². The van der Waals surface area contributed by atoms with E-state index >= 15 is 0 Å². The molecule has 0 saturated carbocycles. The molecule has 0 aromatic heterocycles. The van der Waals surface area contributed by atoms with Crippen molar-refractivity contribution in [2.75, 3.05) is 19.8 Å². The van der Waals surface area contributed by atoms with Gasteiger partial charge in [-0.05, 0) is 48.7 Å². The molecule has 0 aliphatic rings. The Hall–Kier alpha value is -2.89. The highest BCUT2D eigenvalue weighted by Gasteiger charge is 2.08. The summed E-state index contributed by atoms with van der Waals surface area (Å²) >= 11 is 0. The van der Waals surface area contributed by atoms with Gasteiger partial charge in [-0.15, -0.1) is 0 Å². The molecule has 0 aliphatic heterocycles. The molecule has 2 aromatic rings. The van der Waals surface area contributed by atoms with Crippen molar-refractivity contribution in [3.63, 3.8) is 0 Å². The fourth-order valence-electron chi connectivity index (χ4n) is 2.23. The molecule has 0 radical (unpaired) electrons. The third-order valence-corrected chi connectivity index (χ3v) is 3.58. The average molecular weight is 359 g/mol. The third kappa shape index (κ3) is 7.34. The van der Waals surface area contributed by atoms with E-state index in [4.69, 9.17) is 9.47 Å². The van der Waals surface area contributed by atoms with E-state index in [0.717, 1.165) is 16.9 Å². The molecule has 0 spiro atoms. The quantitative estimate of drug-likeness (QED) is 0.552. The van der Waals surface area contributed by atoms with E-state index in [9.17, 15) is 14.0 Å². The van der Waals surface area contributed by atoms with E-state index in [0.29, 0.717) is 19.6 Å². The Labute approximate surface area is 152 Å². The summed E-state index contributed by atoms with van der Waals surface area (Å²) in [5.41, 5.74) is 1.93. The van der Waals surface area contributed by atoms with Gasteiger partial charge in [-0.25, -0.2) is 4.39 Å². The zero-order valence-corrected chi connectivity index (χ0v) is 14.7. The Kier molecular flexibility index (Phi) is 7.61. The molecule has 26 heavy (non-hydrogen) atoms. The normalized spacial score (nSPS) is 10.2. The zero-order valence-electron chi connectivity index (χ0n) is 14.7. The minimum absolute atomic E-state index is 0.134. The summed E-state index contributed by atoms with van der Waals surface area (Å²) in [5, 5.41) is 2.62. The molecule has 0 unspecified atom stereocenters. The van der Waals surface area contributed by atoms with Crippen LogP contribution >= 0.6 is 0 Å². The molecule has 0 bridgehead atoms. The molecule has 1 N–H and O–H groups in total. The maximum Gasteiger partial charge on any atom is 0.306 e. The number of aryl methyl sites for hydroxylation is 2. The lowest BCUT2D eigenvalue weighted by Crippen LogP contribution is -2.32. The first-order chi connectivity index (χ1) is 12.5. The number of hydrogen-bond donors (Lipinski definition) is 1. The fraction of sp³-hybridized carbons (Fsp3) is 0.300. The highest BCUT2D eigenvalue weighted by atomic mass is 19.1. The maximum absolute atomic E-state index is 12.8. The number of carbonyl (C=O) groups excluding carboxylic acids is 2. The first-order valence-corrected chi connectivity index (χ1v) is 8.39. The predicted molar refractivity (Wildman–Crippen MR) is 95.4 cm³/mol. The summed E-state index contributed by atoms with van der Waals surface area (Å²) < 4.78 is 23.2. The van der Waals surface area contributed by atoms with Gasteiger partial charge >= 0.3 is 5.97 Å². The van der Waals surface area contributed by atoms with Crippen LogP contribution in [0.4, 0.5) is 4.39 Å². The van der Waals surface area contributed by atoms with Crippen molar-refractivity contribution in [3.8, 4) is 5.75 Å². The molecule has 0 fully saturated rings. The van der Waals surface area contributed by atoms with Crippen molar-refractivity contribution in [3.05, 3.63) is 65.5 Å².